The largest absolute Gasteiger partial charge is 0.488 e. The van der Waals surface area contributed by atoms with Crippen LogP contribution in [0.5, 0.6) is 0 Å². The molecule has 2 rings (SSSR count). The Kier molecular flexibility index (Phi) is 1.94. The molecule has 0 saturated heterocycles. The second-order valence-corrected chi connectivity index (χ2v) is 3.29. The second-order valence-electron chi connectivity index (χ2n) is 3.29. The Morgan fingerprint density at radius 1 is 1.15 bits per heavy atom. The quantitative estimate of drug-likeness (QED) is 0.541. The molecule has 2 N–H and O–H groups in total. The minimum Gasteiger partial charge on any atom is -0.423 e. The topological polar surface area (TPSA) is 57.5 Å². The van der Waals surface area contributed by atoms with Gasteiger partial charge in [-0.3, -0.25) is 4.79 Å². The lowest BCUT2D eigenvalue weighted by atomic mass is 9.79. The third-order valence-electron chi connectivity index (χ3n) is 2.30. The lowest BCUT2D eigenvalue weighted by Crippen LogP contribution is -2.29. The Morgan fingerprint density at radius 3 is 2.54 bits per heavy atom. The standard InChI is InChI=1S/C9H9BO3/c11-9-4-6-1-2-8(10(12)13)3-7(6)5-9/h1-3,12-13H,4-5H2. The van der Waals surface area contributed by atoms with Crippen LogP contribution in [-0.2, 0) is 17.6 Å². The molecule has 3 nitrogen and oxygen atoms in total. The molecular weight excluding hydrogens is 167 g/mol. The molecule has 1 aromatic carbocycles. The van der Waals surface area contributed by atoms with Gasteiger partial charge in [0, 0.05) is 12.8 Å². The van der Waals surface area contributed by atoms with Crippen molar-refractivity contribution < 1.29 is 14.8 Å². The molecule has 0 aromatic heterocycles. The predicted octanol–water partition coefficient (Wildman–Crippen LogP) is -0.966. The van der Waals surface area contributed by atoms with Crippen molar-refractivity contribution in [2.75, 3.05) is 0 Å². The summed E-state index contributed by atoms with van der Waals surface area (Å²) in [4.78, 5) is 11.1. The van der Waals surface area contributed by atoms with Crippen molar-refractivity contribution in [2.45, 2.75) is 12.8 Å². The van der Waals surface area contributed by atoms with E-state index in [9.17, 15) is 4.79 Å². The number of carbonyl (C=O) groups excluding carboxylic acids is 1. The maximum absolute atomic E-state index is 11.1. The third kappa shape index (κ3) is 1.50. The smallest absolute Gasteiger partial charge is 0.423 e. The summed E-state index contributed by atoms with van der Waals surface area (Å²) in [5, 5.41) is 17.8. The zero-order valence-electron chi connectivity index (χ0n) is 7.03. The SMILES string of the molecule is O=C1Cc2ccc(B(O)O)cc2C1. The van der Waals surface area contributed by atoms with E-state index < -0.39 is 7.12 Å². The normalized spacial score (nSPS) is 14.5. The molecule has 4 heteroatoms. The van der Waals surface area contributed by atoms with Crippen LogP contribution in [0, 0.1) is 0 Å². The Labute approximate surface area is 76.2 Å². The summed E-state index contributed by atoms with van der Waals surface area (Å²) in [6, 6.07) is 5.11. The summed E-state index contributed by atoms with van der Waals surface area (Å²) < 4.78 is 0. The van der Waals surface area contributed by atoms with Gasteiger partial charge in [-0.1, -0.05) is 18.2 Å². The van der Waals surface area contributed by atoms with Crippen molar-refractivity contribution >= 4 is 18.4 Å². The summed E-state index contributed by atoms with van der Waals surface area (Å²) in [6.45, 7) is 0. The first-order valence-electron chi connectivity index (χ1n) is 4.16. The predicted molar refractivity (Wildman–Crippen MR) is 48.7 cm³/mol. The van der Waals surface area contributed by atoms with Crippen LogP contribution >= 0.6 is 0 Å². The Balaban J connectivity index is 2.40. The molecule has 0 heterocycles. The van der Waals surface area contributed by atoms with Crippen LogP contribution in [-0.4, -0.2) is 22.9 Å². The van der Waals surface area contributed by atoms with Crippen LogP contribution in [0.25, 0.3) is 0 Å². The highest BCUT2D eigenvalue weighted by atomic mass is 16.4. The van der Waals surface area contributed by atoms with Crippen LogP contribution in [0.15, 0.2) is 18.2 Å². The number of Topliss-reactive ketones (excluding diaryl/α,β-unsaturated/α-hetero) is 1. The van der Waals surface area contributed by atoms with E-state index in [0.717, 1.165) is 11.1 Å². The van der Waals surface area contributed by atoms with Crippen LogP contribution in [0.4, 0.5) is 0 Å². The zero-order chi connectivity index (χ0) is 9.42. The van der Waals surface area contributed by atoms with E-state index in [2.05, 4.69) is 0 Å². The molecule has 0 spiro atoms. The molecule has 13 heavy (non-hydrogen) atoms. The monoisotopic (exact) mass is 176 g/mol. The van der Waals surface area contributed by atoms with Crippen molar-refractivity contribution in [1.82, 2.24) is 0 Å². The number of ketones is 1. The molecule has 0 saturated carbocycles. The van der Waals surface area contributed by atoms with Crippen LogP contribution in [0.2, 0.25) is 0 Å². The van der Waals surface area contributed by atoms with Crippen LogP contribution < -0.4 is 5.46 Å². The molecule has 0 aliphatic heterocycles. The van der Waals surface area contributed by atoms with Gasteiger partial charge in [-0.15, -0.1) is 0 Å². The van der Waals surface area contributed by atoms with E-state index in [1.807, 2.05) is 0 Å². The van der Waals surface area contributed by atoms with Crippen molar-refractivity contribution in [1.29, 1.82) is 0 Å². The van der Waals surface area contributed by atoms with Crippen molar-refractivity contribution in [3.05, 3.63) is 29.3 Å². The van der Waals surface area contributed by atoms with Gasteiger partial charge in [-0.05, 0) is 16.6 Å². The van der Waals surface area contributed by atoms with Crippen LogP contribution in [0.3, 0.4) is 0 Å². The summed E-state index contributed by atoms with van der Waals surface area (Å²) in [6.07, 6.45) is 0.910. The molecule has 0 atom stereocenters. The number of rotatable bonds is 1. The molecule has 0 radical (unpaired) electrons. The first-order valence-corrected chi connectivity index (χ1v) is 4.16. The van der Waals surface area contributed by atoms with Crippen LogP contribution in [0.1, 0.15) is 11.1 Å². The first-order chi connectivity index (χ1) is 6.16. The van der Waals surface area contributed by atoms with Gasteiger partial charge in [0.1, 0.15) is 5.78 Å². The van der Waals surface area contributed by atoms with Crippen molar-refractivity contribution in [2.24, 2.45) is 0 Å². The summed E-state index contributed by atoms with van der Waals surface area (Å²) in [5.41, 5.74) is 2.39. The average Bonchev–Trinajstić information content (AvgIpc) is 2.42. The number of benzene rings is 1. The summed E-state index contributed by atoms with van der Waals surface area (Å²) in [5.74, 6) is 0.194. The van der Waals surface area contributed by atoms with Gasteiger partial charge in [0.05, 0.1) is 0 Å². The second kappa shape index (κ2) is 2.98. The Bertz CT molecular complexity index is 360. The molecule has 1 aliphatic carbocycles. The van der Waals surface area contributed by atoms with Gasteiger partial charge < -0.3 is 10.0 Å². The van der Waals surface area contributed by atoms with Gasteiger partial charge in [-0.25, -0.2) is 0 Å². The van der Waals surface area contributed by atoms with Crippen molar-refractivity contribution in [3.63, 3.8) is 0 Å². The molecule has 1 aliphatic rings. The Morgan fingerprint density at radius 2 is 1.85 bits per heavy atom. The van der Waals surface area contributed by atoms with E-state index in [4.69, 9.17) is 10.0 Å². The molecule has 0 fully saturated rings. The third-order valence-corrected chi connectivity index (χ3v) is 2.30. The highest BCUT2D eigenvalue weighted by molar-refractivity contribution is 6.58. The van der Waals surface area contributed by atoms with E-state index in [0.29, 0.717) is 18.3 Å². The Hall–Kier alpha value is -1.13. The van der Waals surface area contributed by atoms with E-state index in [1.165, 1.54) is 0 Å². The van der Waals surface area contributed by atoms with E-state index in [-0.39, 0.29) is 5.78 Å². The number of hydrogen-bond acceptors (Lipinski definition) is 3. The minimum absolute atomic E-state index is 0.194. The van der Waals surface area contributed by atoms with Gasteiger partial charge in [-0.2, -0.15) is 0 Å². The van der Waals surface area contributed by atoms with Gasteiger partial charge >= 0.3 is 7.12 Å². The number of fused-ring (bicyclic) bond motifs is 1. The molecule has 0 amide bonds. The fraction of sp³-hybridized carbons (Fsp3) is 0.222. The fourth-order valence-corrected chi connectivity index (χ4v) is 1.63. The maximum Gasteiger partial charge on any atom is 0.488 e. The zero-order valence-corrected chi connectivity index (χ0v) is 7.03. The van der Waals surface area contributed by atoms with Crippen molar-refractivity contribution in [3.8, 4) is 0 Å². The number of hydrogen-bond donors (Lipinski definition) is 2. The van der Waals surface area contributed by atoms with Gasteiger partial charge in [0.15, 0.2) is 0 Å². The fourth-order valence-electron chi connectivity index (χ4n) is 1.63. The van der Waals surface area contributed by atoms with E-state index in [1.54, 1.807) is 18.2 Å². The van der Waals surface area contributed by atoms with E-state index >= 15 is 0 Å². The molecular formula is C9H9BO3. The lowest BCUT2D eigenvalue weighted by Gasteiger charge is -2.02. The summed E-state index contributed by atoms with van der Waals surface area (Å²) in [7, 11) is -1.44. The number of carbonyl (C=O) groups is 1. The minimum atomic E-state index is -1.44. The average molecular weight is 176 g/mol. The van der Waals surface area contributed by atoms with Gasteiger partial charge in [0.25, 0.3) is 0 Å². The first kappa shape index (κ1) is 8.47. The highest BCUT2D eigenvalue weighted by Gasteiger charge is 2.20. The molecule has 0 unspecified atom stereocenters. The lowest BCUT2D eigenvalue weighted by molar-refractivity contribution is -0.117. The van der Waals surface area contributed by atoms with Gasteiger partial charge in [0.2, 0.25) is 0 Å². The molecule has 66 valence electrons. The highest BCUT2D eigenvalue weighted by Crippen LogP contribution is 2.17. The maximum atomic E-state index is 11.1. The molecule has 1 aromatic rings. The molecule has 0 bridgehead atoms. The summed E-state index contributed by atoms with van der Waals surface area (Å²) >= 11 is 0.